The molecule has 8 heteroatoms. The molecule has 0 aromatic rings. The molecule has 0 atom stereocenters. The molecule has 0 aliphatic carbocycles. The van der Waals surface area contributed by atoms with Crippen molar-refractivity contribution in [3.8, 4) is 0 Å². The number of nitrogens with two attached hydrogens (primary N) is 1. The Balaban J connectivity index is 4.43. The molecule has 0 amide bonds. The van der Waals surface area contributed by atoms with E-state index in [0.29, 0.717) is 0 Å². The third kappa shape index (κ3) is 3.11. The number of hydrogen-bond acceptors (Lipinski definition) is 6. The zero-order valence-corrected chi connectivity index (χ0v) is 6.70. The third-order valence-electron chi connectivity index (χ3n) is 0.964. The van der Waals surface area contributed by atoms with E-state index in [-0.39, 0.29) is 0 Å². The largest absolute Gasteiger partial charge is 0.540 e. The highest BCUT2D eigenvalue weighted by atomic mass is 16.6. The fourth-order valence-corrected chi connectivity index (χ4v) is 0.408. The molecule has 0 heterocycles. The van der Waals surface area contributed by atoms with E-state index in [9.17, 15) is 9.59 Å². The molecular weight excluding hydrogens is 164 g/mol. The first-order valence-electron chi connectivity index (χ1n) is 2.90. The number of carbonyl (C=O) groups excluding carboxylic acids is 2. The zero-order chi connectivity index (χ0) is 9.56. The number of hydrogen-bond donors (Lipinski definition) is 1. The van der Waals surface area contributed by atoms with E-state index in [1.165, 1.54) is 0 Å². The van der Waals surface area contributed by atoms with Crippen LogP contribution in [0.4, 0.5) is 0 Å². The van der Waals surface area contributed by atoms with Crippen molar-refractivity contribution in [1.29, 1.82) is 0 Å². The first kappa shape index (κ1) is 10.6. The second-order valence-corrected chi connectivity index (χ2v) is 1.64. The fourth-order valence-electron chi connectivity index (χ4n) is 0.408. The lowest BCUT2D eigenvalue weighted by atomic mass is 10.4. The van der Waals surface area contributed by atoms with Crippen LogP contribution in [0.5, 0.6) is 0 Å². The normalized spacial score (nSPS) is 10.2. The van der Waals surface area contributed by atoms with Gasteiger partial charge in [0.25, 0.3) is 0 Å². The van der Waals surface area contributed by atoms with Crippen LogP contribution in [-0.2, 0) is 23.7 Å². The molecule has 12 heavy (non-hydrogen) atoms. The van der Waals surface area contributed by atoms with Crippen molar-refractivity contribution >= 4 is 28.0 Å². The van der Waals surface area contributed by atoms with Gasteiger partial charge >= 0.3 is 28.0 Å². The van der Waals surface area contributed by atoms with E-state index >= 15 is 0 Å². The van der Waals surface area contributed by atoms with Crippen molar-refractivity contribution in [2.24, 2.45) is 5.90 Å². The average Bonchev–Trinajstić information content (AvgIpc) is 2.12. The van der Waals surface area contributed by atoms with E-state index in [1.54, 1.807) is 0 Å². The van der Waals surface area contributed by atoms with Crippen molar-refractivity contribution in [1.82, 2.24) is 0 Å². The summed E-state index contributed by atoms with van der Waals surface area (Å²) >= 11 is 0. The third-order valence-corrected chi connectivity index (χ3v) is 0.964. The van der Waals surface area contributed by atoms with Crippen LogP contribution in [0.25, 0.3) is 0 Å². The van der Waals surface area contributed by atoms with Gasteiger partial charge in [-0.3, -0.25) is 0 Å². The lowest BCUT2D eigenvalue weighted by Gasteiger charge is -2.01. The minimum absolute atomic E-state index is 0.413. The van der Waals surface area contributed by atoms with Crippen LogP contribution in [0.2, 0.25) is 0 Å². The van der Waals surface area contributed by atoms with Gasteiger partial charge in [-0.25, -0.2) is 9.59 Å². The molecule has 0 saturated carbocycles. The van der Waals surface area contributed by atoms with E-state index < -0.39 is 17.7 Å². The summed E-state index contributed by atoms with van der Waals surface area (Å²) in [5.41, 5.74) is 0. The first-order valence-corrected chi connectivity index (χ1v) is 2.90. The Morgan fingerprint density at radius 1 is 1.25 bits per heavy atom. The predicted octanol–water partition coefficient (Wildman–Crippen LogP) is -3.06. The molecule has 0 radical (unpaired) electrons. The molecule has 6 nitrogen and oxygen atoms in total. The second-order valence-electron chi connectivity index (χ2n) is 1.64. The Bertz CT molecular complexity index is 215. The van der Waals surface area contributed by atoms with Crippen molar-refractivity contribution in [3.63, 3.8) is 0 Å². The second kappa shape index (κ2) is 5.25. The molecule has 0 aliphatic heterocycles. The number of rotatable bonds is 3. The summed E-state index contributed by atoms with van der Waals surface area (Å²) in [6.07, 6.45) is 0.784. The van der Waals surface area contributed by atoms with Gasteiger partial charge in [0.1, 0.15) is 0 Å². The van der Waals surface area contributed by atoms with Crippen LogP contribution in [-0.4, -0.2) is 28.0 Å². The maximum atomic E-state index is 10.7. The minimum atomic E-state index is -0.845. The maximum absolute atomic E-state index is 10.7. The van der Waals surface area contributed by atoms with E-state index in [1.807, 2.05) is 0 Å². The summed E-state index contributed by atoms with van der Waals surface area (Å²) < 4.78 is 8.45. The lowest BCUT2D eigenvalue weighted by molar-refractivity contribution is -0.135. The quantitative estimate of drug-likeness (QED) is 0.210. The van der Waals surface area contributed by atoms with Gasteiger partial charge in [-0.05, 0) is 0 Å². The molecule has 0 spiro atoms. The van der Waals surface area contributed by atoms with Gasteiger partial charge < -0.3 is 14.1 Å². The molecule has 0 saturated heterocycles. The van der Waals surface area contributed by atoms with Crippen LogP contribution in [0.15, 0.2) is 11.8 Å². The summed E-state index contributed by atoms with van der Waals surface area (Å²) in [5, 5.41) is 0. The summed E-state index contributed by atoms with van der Waals surface area (Å²) in [6.45, 7) is 0. The van der Waals surface area contributed by atoms with Crippen LogP contribution >= 0.6 is 0 Å². The van der Waals surface area contributed by atoms with E-state index in [0.717, 1.165) is 22.2 Å². The molecule has 64 valence electrons. The molecule has 0 aromatic heterocycles. The molecule has 0 fully saturated rings. The van der Waals surface area contributed by atoms with Gasteiger partial charge in [-0.15, -0.1) is 0 Å². The van der Waals surface area contributed by atoms with E-state index in [4.69, 9.17) is 0 Å². The van der Waals surface area contributed by atoms with Gasteiger partial charge in [0.2, 0.25) is 5.76 Å². The fraction of sp³-hybridized carbons (Fsp3) is 0. The van der Waals surface area contributed by atoms with Crippen LogP contribution in [0.3, 0.4) is 0 Å². The highest BCUT2D eigenvalue weighted by molar-refractivity contribution is 6.11. The van der Waals surface area contributed by atoms with Crippen molar-refractivity contribution in [2.75, 3.05) is 0 Å². The topological polar surface area (TPSA) is 87.9 Å². The Morgan fingerprint density at radius 2 is 1.83 bits per heavy atom. The highest BCUT2D eigenvalue weighted by Gasteiger charge is 2.11. The predicted molar refractivity (Wildman–Crippen MR) is 42.6 cm³/mol. The maximum Gasteiger partial charge on any atom is 0.358 e. The summed E-state index contributed by atoms with van der Waals surface area (Å²) in [7, 11) is 2.29. The Hall–Kier alpha value is -1.43. The Kier molecular flexibility index (Phi) is 4.62. The Labute approximate surface area is 70.5 Å². The average molecular weight is 171 g/mol. The van der Waals surface area contributed by atoms with Crippen molar-refractivity contribution in [2.45, 2.75) is 0 Å². The smallest absolute Gasteiger partial charge is 0.358 e. The van der Waals surface area contributed by atoms with Crippen LogP contribution in [0, 0.1) is 0 Å². The van der Waals surface area contributed by atoms with Gasteiger partial charge in [0, 0.05) is 0 Å². The molecule has 0 bridgehead atoms. The standard InChI is InChI=1S/C4H7B2NO5/c5-10-3(8)1-2(12-7)4(9)11-6/h1H,5-7H2/b2-1+. The first-order chi connectivity index (χ1) is 5.65. The minimum Gasteiger partial charge on any atom is -0.540 e. The zero-order valence-electron chi connectivity index (χ0n) is 6.70. The monoisotopic (exact) mass is 171 g/mol. The summed E-state index contributed by atoms with van der Waals surface area (Å²) in [6, 6.07) is 0. The van der Waals surface area contributed by atoms with Gasteiger partial charge in [-0.1, -0.05) is 0 Å². The van der Waals surface area contributed by atoms with Gasteiger partial charge in [0.15, 0.2) is 0 Å². The highest BCUT2D eigenvalue weighted by Crippen LogP contribution is 1.96. The molecule has 2 N–H and O–H groups in total. The lowest BCUT2D eigenvalue weighted by Crippen LogP contribution is -2.14. The summed E-state index contributed by atoms with van der Waals surface area (Å²) in [5.74, 6) is 2.67. The van der Waals surface area contributed by atoms with Crippen LogP contribution < -0.4 is 5.90 Å². The van der Waals surface area contributed by atoms with Gasteiger partial charge in [-0.2, -0.15) is 5.90 Å². The van der Waals surface area contributed by atoms with Crippen molar-refractivity contribution in [3.05, 3.63) is 11.8 Å². The molecular formula is C4H7B2NO5. The number of carbonyl (C=O) groups is 2. The van der Waals surface area contributed by atoms with Gasteiger partial charge in [0.05, 0.1) is 6.08 Å². The molecule has 0 aliphatic rings. The van der Waals surface area contributed by atoms with E-state index in [2.05, 4.69) is 20.0 Å². The van der Waals surface area contributed by atoms with Crippen molar-refractivity contribution < 1.29 is 23.7 Å². The molecule has 0 unspecified atom stereocenters. The molecule has 0 aromatic carbocycles. The molecule has 0 rings (SSSR count). The SMILES string of the molecule is BOC(=O)/C=C(/ON)C(=O)OB. The summed E-state index contributed by atoms with van der Waals surface area (Å²) in [4.78, 5) is 25.3. The Morgan fingerprint density at radius 3 is 2.17 bits per heavy atom. The van der Waals surface area contributed by atoms with Crippen LogP contribution in [0.1, 0.15) is 0 Å².